The van der Waals surface area contributed by atoms with Crippen LogP contribution in [0.25, 0.3) is 26.3 Å². The van der Waals surface area contributed by atoms with E-state index < -0.39 is 0 Å². The van der Waals surface area contributed by atoms with Crippen LogP contribution in [0, 0.1) is 0 Å². The molecule has 0 saturated heterocycles. The van der Waals surface area contributed by atoms with Gasteiger partial charge in [-0.1, -0.05) is 54.1 Å². The van der Waals surface area contributed by atoms with Gasteiger partial charge in [-0.05, 0) is 41.5 Å². The zero-order valence-corrected chi connectivity index (χ0v) is 21.4. The van der Waals surface area contributed by atoms with E-state index in [1.54, 1.807) is 18.2 Å². The monoisotopic (exact) mass is 531 g/mol. The highest BCUT2D eigenvalue weighted by molar-refractivity contribution is 7.22. The van der Waals surface area contributed by atoms with Crippen LogP contribution in [0.5, 0.6) is 11.5 Å². The average Bonchev–Trinajstić information content (AvgIpc) is 3.37. The molecular weight excluding hydrogens is 510 g/mol. The quantitative estimate of drug-likeness (QED) is 0.287. The minimum atomic E-state index is -0.255. The van der Waals surface area contributed by atoms with Crippen LogP contribution in [0.15, 0.2) is 90.0 Å². The van der Waals surface area contributed by atoms with Crippen LogP contribution < -0.4 is 20.3 Å². The van der Waals surface area contributed by atoms with Crippen LogP contribution in [-0.2, 0) is 11.3 Å². The largest absolute Gasteiger partial charge is 0.493 e. The normalized spacial score (nSPS) is 10.9. The molecule has 0 unspecified atom stereocenters. The fourth-order valence-electron chi connectivity index (χ4n) is 3.77. The zero-order chi connectivity index (χ0) is 25.8. The van der Waals surface area contributed by atoms with Gasteiger partial charge in [0.1, 0.15) is 11.0 Å². The number of methoxy groups -OCH3 is 1. The first-order valence-corrected chi connectivity index (χ1v) is 12.6. The minimum absolute atomic E-state index is 0.168. The highest BCUT2D eigenvalue weighted by atomic mass is 35.5. The van der Waals surface area contributed by atoms with Gasteiger partial charge in [0, 0.05) is 22.5 Å². The third kappa shape index (κ3) is 5.50. The van der Waals surface area contributed by atoms with E-state index in [-0.39, 0.29) is 18.1 Å². The van der Waals surface area contributed by atoms with Gasteiger partial charge in [-0.25, -0.2) is 4.98 Å². The Morgan fingerprint density at radius 1 is 1.03 bits per heavy atom. The molecule has 0 bridgehead atoms. The fraction of sp³-hybridized carbons (Fsp3) is 0.107. The molecule has 1 N–H and O–H groups in total. The smallest absolute Gasteiger partial charge is 0.275 e. The molecule has 0 aliphatic heterocycles. The number of rotatable bonds is 8. The van der Waals surface area contributed by atoms with Crippen LogP contribution in [0.3, 0.4) is 0 Å². The van der Waals surface area contributed by atoms with Crippen LogP contribution in [0.2, 0.25) is 5.02 Å². The molecule has 0 atom stereocenters. The number of nitrogens with one attached hydrogen (secondary N) is 1. The van der Waals surface area contributed by atoms with Gasteiger partial charge in [-0.15, -0.1) is 11.3 Å². The summed E-state index contributed by atoms with van der Waals surface area (Å²) < 4.78 is 13.2. The van der Waals surface area contributed by atoms with Gasteiger partial charge in [0.05, 0.1) is 18.3 Å². The summed E-state index contributed by atoms with van der Waals surface area (Å²) in [7, 11) is 1.50. The lowest BCUT2D eigenvalue weighted by atomic mass is 10.2. The molecule has 0 aliphatic carbocycles. The van der Waals surface area contributed by atoms with Gasteiger partial charge in [0.25, 0.3) is 11.5 Å². The van der Waals surface area contributed by atoms with Crippen molar-refractivity contribution >= 4 is 39.1 Å². The average molecular weight is 532 g/mol. The maximum Gasteiger partial charge on any atom is 0.275 e. The number of thiophene rings is 1. The molecular formula is C28H22ClN3O4S. The zero-order valence-electron chi connectivity index (χ0n) is 19.8. The Bertz CT molecular complexity index is 1610. The van der Waals surface area contributed by atoms with Gasteiger partial charge in [0.15, 0.2) is 18.1 Å². The summed E-state index contributed by atoms with van der Waals surface area (Å²) in [4.78, 5) is 31.0. The first-order chi connectivity index (χ1) is 18.0. The molecule has 5 rings (SSSR count). The lowest BCUT2D eigenvalue weighted by molar-refractivity contribution is -0.123. The van der Waals surface area contributed by atoms with Gasteiger partial charge in [0.2, 0.25) is 0 Å². The number of carbonyl (C=O) groups is 1. The van der Waals surface area contributed by atoms with Gasteiger partial charge in [-0.2, -0.15) is 0 Å². The maximum atomic E-state index is 13.3. The van der Waals surface area contributed by atoms with Crippen LogP contribution in [-0.4, -0.2) is 29.2 Å². The summed E-state index contributed by atoms with van der Waals surface area (Å²) in [6, 6.07) is 24.1. The number of amides is 1. The maximum absolute atomic E-state index is 13.3. The molecule has 0 radical (unpaired) electrons. The molecule has 9 heteroatoms. The predicted molar refractivity (Wildman–Crippen MR) is 146 cm³/mol. The van der Waals surface area contributed by atoms with Crippen LogP contribution in [0.4, 0.5) is 0 Å². The van der Waals surface area contributed by atoms with Gasteiger partial charge >= 0.3 is 0 Å². The van der Waals surface area contributed by atoms with E-state index in [1.165, 1.54) is 29.3 Å². The molecule has 0 aliphatic rings. The summed E-state index contributed by atoms with van der Waals surface area (Å²) in [6.45, 7) is 0.249. The van der Waals surface area contributed by atoms with Crippen molar-refractivity contribution in [1.82, 2.24) is 14.9 Å². The highest BCUT2D eigenvalue weighted by Gasteiger charge is 2.14. The molecule has 2 aromatic heterocycles. The topological polar surface area (TPSA) is 82.5 Å². The van der Waals surface area contributed by atoms with E-state index in [0.29, 0.717) is 39.0 Å². The lowest BCUT2D eigenvalue weighted by Crippen LogP contribution is -2.28. The Labute approximate surface area is 221 Å². The molecule has 3 aromatic carbocycles. The van der Waals surface area contributed by atoms with Crippen molar-refractivity contribution in [3.63, 3.8) is 0 Å². The standard InChI is InChI=1S/C28H22ClN3O4S/c1-35-24-13-21(11-12-23(24)36-16-26(33)30-15-18-5-3-2-4-6-18)32-17-31-22-14-25(37-27(22)28(32)34)19-7-9-20(29)10-8-19/h2-14,17H,15-16H2,1H3,(H,30,33). The third-order valence-electron chi connectivity index (χ3n) is 5.68. The number of benzene rings is 3. The van der Waals surface area contributed by atoms with E-state index in [9.17, 15) is 9.59 Å². The van der Waals surface area contributed by atoms with Gasteiger partial charge in [-0.3, -0.25) is 14.2 Å². The molecule has 2 heterocycles. The number of hydrogen-bond acceptors (Lipinski definition) is 6. The van der Waals surface area contributed by atoms with Gasteiger partial charge < -0.3 is 14.8 Å². The predicted octanol–water partition coefficient (Wildman–Crippen LogP) is 5.47. The molecule has 5 aromatic rings. The Morgan fingerprint density at radius 3 is 2.57 bits per heavy atom. The Hall–Kier alpha value is -4.14. The first-order valence-electron chi connectivity index (χ1n) is 11.4. The number of carbonyl (C=O) groups excluding carboxylic acids is 1. The van der Waals surface area contributed by atoms with Crippen molar-refractivity contribution in [3.8, 4) is 27.6 Å². The molecule has 0 saturated carbocycles. The number of hydrogen-bond donors (Lipinski definition) is 1. The fourth-order valence-corrected chi connectivity index (χ4v) is 4.94. The van der Waals surface area contributed by atoms with Crippen molar-refractivity contribution < 1.29 is 14.3 Å². The second-order valence-electron chi connectivity index (χ2n) is 8.14. The summed E-state index contributed by atoms with van der Waals surface area (Å²) in [6.07, 6.45) is 1.50. The number of nitrogens with zero attached hydrogens (tertiary/aromatic N) is 2. The van der Waals surface area contributed by atoms with Crippen molar-refractivity contribution in [2.45, 2.75) is 6.54 Å². The molecule has 186 valence electrons. The minimum Gasteiger partial charge on any atom is -0.493 e. The Kier molecular flexibility index (Phi) is 7.20. The van der Waals surface area contributed by atoms with E-state index >= 15 is 0 Å². The van der Waals surface area contributed by atoms with Crippen molar-refractivity contribution in [2.75, 3.05) is 13.7 Å². The molecule has 1 amide bonds. The Balaban J connectivity index is 1.33. The third-order valence-corrected chi connectivity index (χ3v) is 7.10. The highest BCUT2D eigenvalue weighted by Crippen LogP contribution is 2.33. The van der Waals surface area contributed by atoms with E-state index in [0.717, 1.165) is 16.0 Å². The van der Waals surface area contributed by atoms with E-state index in [2.05, 4.69) is 10.3 Å². The lowest BCUT2D eigenvalue weighted by Gasteiger charge is -2.13. The van der Waals surface area contributed by atoms with Crippen molar-refractivity contribution in [2.24, 2.45) is 0 Å². The second kappa shape index (κ2) is 10.9. The Morgan fingerprint density at radius 2 is 1.81 bits per heavy atom. The SMILES string of the molecule is COc1cc(-n2cnc3cc(-c4ccc(Cl)cc4)sc3c2=O)ccc1OCC(=O)NCc1ccccc1. The molecule has 0 fully saturated rings. The molecule has 0 spiro atoms. The summed E-state index contributed by atoms with van der Waals surface area (Å²) in [5.74, 6) is 0.535. The number of fused-ring (bicyclic) bond motifs is 1. The van der Waals surface area contributed by atoms with Crippen LogP contribution in [0.1, 0.15) is 5.56 Å². The number of ether oxygens (including phenoxy) is 2. The van der Waals surface area contributed by atoms with E-state index in [4.69, 9.17) is 21.1 Å². The number of aromatic nitrogens is 2. The van der Waals surface area contributed by atoms with Crippen molar-refractivity contribution in [1.29, 1.82) is 0 Å². The summed E-state index contributed by atoms with van der Waals surface area (Å²) >= 11 is 7.38. The summed E-state index contributed by atoms with van der Waals surface area (Å²) in [5.41, 5.74) is 2.98. The van der Waals surface area contributed by atoms with E-state index in [1.807, 2.05) is 60.7 Å². The first kappa shape index (κ1) is 24.5. The second-order valence-corrected chi connectivity index (χ2v) is 9.63. The molecule has 7 nitrogen and oxygen atoms in total. The number of halogens is 1. The van der Waals surface area contributed by atoms with Crippen molar-refractivity contribution in [3.05, 3.63) is 106 Å². The molecule has 37 heavy (non-hydrogen) atoms. The summed E-state index contributed by atoms with van der Waals surface area (Å²) in [5, 5.41) is 3.47. The van der Waals surface area contributed by atoms with Crippen LogP contribution >= 0.6 is 22.9 Å².